The highest BCUT2D eigenvalue weighted by Gasteiger charge is 2.47. The number of fused-ring (bicyclic) bond motifs is 2. The van der Waals surface area contributed by atoms with Gasteiger partial charge >= 0.3 is 5.97 Å². The number of aliphatic carboxylic acids is 1. The number of carboxylic acids is 1. The second kappa shape index (κ2) is 11.7. The number of ether oxygens (including phenoxy) is 1. The van der Waals surface area contributed by atoms with E-state index >= 15 is 0 Å². The van der Waals surface area contributed by atoms with Crippen LogP contribution in [0.2, 0.25) is 0 Å². The van der Waals surface area contributed by atoms with Gasteiger partial charge in [0.2, 0.25) is 5.91 Å². The van der Waals surface area contributed by atoms with Gasteiger partial charge < -0.3 is 20.5 Å². The molecule has 4 atom stereocenters. The summed E-state index contributed by atoms with van der Waals surface area (Å²) in [5.41, 5.74) is 0. The first kappa shape index (κ1) is 22.3. The average molecular weight is 407 g/mol. The van der Waals surface area contributed by atoms with Gasteiger partial charge in [-0.3, -0.25) is 9.59 Å². The molecule has 2 heterocycles. The van der Waals surface area contributed by atoms with Crippen LogP contribution >= 0.6 is 0 Å². The van der Waals surface area contributed by atoms with E-state index in [4.69, 9.17) is 9.84 Å². The number of carboxylic acid groups (broad SMARTS) is 1. The molecular weight excluding hydrogens is 368 g/mol. The minimum absolute atomic E-state index is 0.127. The third-order valence-electron chi connectivity index (χ3n) is 6.84. The van der Waals surface area contributed by atoms with Gasteiger partial charge in [-0.25, -0.2) is 0 Å². The van der Waals surface area contributed by atoms with Crippen LogP contribution in [0, 0.1) is 11.8 Å². The smallest absolute Gasteiger partial charge is 0.303 e. The molecule has 0 unspecified atom stereocenters. The highest BCUT2D eigenvalue weighted by molar-refractivity contribution is 5.78. The number of allylic oxidation sites excluding steroid dienone is 2. The normalized spacial score (nSPS) is 29.5. The maximum absolute atomic E-state index is 12.1. The van der Waals surface area contributed by atoms with Gasteiger partial charge in [-0.1, -0.05) is 31.4 Å². The molecule has 29 heavy (non-hydrogen) atoms. The molecule has 0 aromatic carbocycles. The van der Waals surface area contributed by atoms with Crippen molar-refractivity contribution in [2.45, 2.75) is 95.3 Å². The fourth-order valence-corrected chi connectivity index (χ4v) is 5.34. The highest BCUT2D eigenvalue weighted by Crippen LogP contribution is 2.46. The number of rotatable bonds is 12. The zero-order chi connectivity index (χ0) is 20.5. The number of nitrogens with one attached hydrogen (secondary N) is 2. The molecule has 0 spiro atoms. The first-order valence-corrected chi connectivity index (χ1v) is 11.7. The molecule has 6 heteroatoms. The lowest BCUT2D eigenvalue weighted by atomic mass is 9.76. The first-order valence-electron chi connectivity index (χ1n) is 11.7. The van der Waals surface area contributed by atoms with Crippen LogP contribution in [0.5, 0.6) is 0 Å². The van der Waals surface area contributed by atoms with Crippen molar-refractivity contribution in [3.8, 4) is 0 Å². The Kier molecular flexibility index (Phi) is 8.99. The summed E-state index contributed by atoms with van der Waals surface area (Å²) < 4.78 is 6.17. The van der Waals surface area contributed by atoms with Gasteiger partial charge in [0.05, 0.1) is 18.8 Å². The van der Waals surface area contributed by atoms with Crippen molar-refractivity contribution in [2.24, 2.45) is 11.8 Å². The Labute approximate surface area is 174 Å². The third kappa shape index (κ3) is 7.10. The molecule has 164 valence electrons. The van der Waals surface area contributed by atoms with Crippen LogP contribution in [0.15, 0.2) is 12.2 Å². The van der Waals surface area contributed by atoms with E-state index in [2.05, 4.69) is 22.8 Å². The molecule has 0 aromatic rings. The van der Waals surface area contributed by atoms with Gasteiger partial charge in [0.1, 0.15) is 0 Å². The van der Waals surface area contributed by atoms with Gasteiger partial charge in [-0.15, -0.1) is 0 Å². The van der Waals surface area contributed by atoms with Crippen molar-refractivity contribution in [2.75, 3.05) is 13.1 Å². The van der Waals surface area contributed by atoms with Crippen LogP contribution < -0.4 is 10.6 Å². The van der Waals surface area contributed by atoms with E-state index in [0.29, 0.717) is 43.1 Å². The molecule has 6 nitrogen and oxygen atoms in total. The Hall–Kier alpha value is -1.40. The lowest BCUT2D eigenvalue weighted by Gasteiger charge is -2.27. The Morgan fingerprint density at radius 3 is 2.52 bits per heavy atom. The number of hydrogen-bond donors (Lipinski definition) is 3. The monoisotopic (exact) mass is 406 g/mol. The van der Waals surface area contributed by atoms with Crippen molar-refractivity contribution >= 4 is 11.9 Å². The molecule has 3 aliphatic rings. The first-order chi connectivity index (χ1) is 14.1. The molecule has 3 fully saturated rings. The fraction of sp³-hybridized carbons (Fsp3) is 0.826. The zero-order valence-electron chi connectivity index (χ0n) is 17.6. The van der Waals surface area contributed by atoms with Crippen LogP contribution in [-0.2, 0) is 14.3 Å². The predicted octanol–water partition coefficient (Wildman–Crippen LogP) is 3.41. The summed E-state index contributed by atoms with van der Waals surface area (Å²) in [6, 6.07) is 0.378. The van der Waals surface area contributed by atoms with Crippen molar-refractivity contribution in [1.29, 1.82) is 0 Å². The summed E-state index contributed by atoms with van der Waals surface area (Å²) in [7, 11) is 0. The summed E-state index contributed by atoms with van der Waals surface area (Å²) in [6.45, 7) is 1.26. The Balaban J connectivity index is 1.32. The van der Waals surface area contributed by atoms with Gasteiger partial charge in [0.15, 0.2) is 0 Å². The second-order valence-corrected chi connectivity index (χ2v) is 8.98. The number of amides is 1. The summed E-state index contributed by atoms with van der Waals surface area (Å²) in [5, 5.41) is 15.2. The van der Waals surface area contributed by atoms with Crippen LogP contribution in [0.3, 0.4) is 0 Å². The van der Waals surface area contributed by atoms with E-state index in [-0.39, 0.29) is 12.3 Å². The SMILES string of the molecule is O=C(O)CCCC=CC[C@@H]1[C@H](CCNCC(=O)NC2CCCCC2)[C@@H]2CC[C@H]1O2. The van der Waals surface area contributed by atoms with E-state index < -0.39 is 5.97 Å². The van der Waals surface area contributed by atoms with Gasteiger partial charge in [-0.05, 0) is 69.7 Å². The summed E-state index contributed by atoms with van der Waals surface area (Å²) in [4.78, 5) is 22.7. The Morgan fingerprint density at radius 1 is 1.00 bits per heavy atom. The third-order valence-corrected chi connectivity index (χ3v) is 6.84. The van der Waals surface area contributed by atoms with Crippen LogP contribution in [0.4, 0.5) is 0 Å². The highest BCUT2D eigenvalue weighted by atomic mass is 16.5. The lowest BCUT2D eigenvalue weighted by molar-refractivity contribution is -0.137. The largest absolute Gasteiger partial charge is 0.481 e. The molecular formula is C23H38N2O4. The molecule has 2 aliphatic heterocycles. The van der Waals surface area contributed by atoms with E-state index in [9.17, 15) is 9.59 Å². The summed E-state index contributed by atoms with van der Waals surface area (Å²) in [6.07, 6.45) is 17.3. The van der Waals surface area contributed by atoms with Crippen molar-refractivity contribution < 1.29 is 19.4 Å². The quantitative estimate of drug-likeness (QED) is 0.341. The van der Waals surface area contributed by atoms with Crippen molar-refractivity contribution in [3.05, 3.63) is 12.2 Å². The predicted molar refractivity (Wildman–Crippen MR) is 113 cm³/mol. The number of hydrogen-bond acceptors (Lipinski definition) is 4. The minimum Gasteiger partial charge on any atom is -0.481 e. The van der Waals surface area contributed by atoms with E-state index in [1.165, 1.54) is 19.3 Å². The van der Waals surface area contributed by atoms with Gasteiger partial charge in [0.25, 0.3) is 0 Å². The lowest BCUT2D eigenvalue weighted by Crippen LogP contribution is -2.42. The van der Waals surface area contributed by atoms with Crippen molar-refractivity contribution in [1.82, 2.24) is 10.6 Å². The molecule has 1 aliphatic carbocycles. The standard InChI is InChI=1S/C23H38N2O4/c26-22(25-17-8-4-3-5-9-17)16-24-15-14-19-18(20-12-13-21(19)29-20)10-6-1-2-7-11-23(27)28/h1,6,17-21,24H,2-5,7-16H2,(H,25,26)(H,27,28)/t18-,19+,20-,21+/m1/s1. The van der Waals surface area contributed by atoms with Crippen LogP contribution in [0.25, 0.3) is 0 Å². The van der Waals surface area contributed by atoms with Crippen LogP contribution in [0.1, 0.15) is 77.0 Å². The molecule has 3 rings (SSSR count). The zero-order valence-corrected chi connectivity index (χ0v) is 17.6. The Morgan fingerprint density at radius 2 is 1.76 bits per heavy atom. The fourth-order valence-electron chi connectivity index (χ4n) is 5.34. The summed E-state index contributed by atoms with van der Waals surface area (Å²) in [5.74, 6) is 0.524. The maximum Gasteiger partial charge on any atom is 0.303 e. The molecule has 1 saturated carbocycles. The molecule has 0 radical (unpaired) electrons. The van der Waals surface area contributed by atoms with E-state index in [0.717, 1.165) is 51.5 Å². The average Bonchev–Trinajstić information content (AvgIpc) is 3.30. The topological polar surface area (TPSA) is 87.7 Å². The number of carbonyl (C=O) groups is 2. The van der Waals surface area contributed by atoms with Gasteiger partial charge in [0, 0.05) is 12.5 Å². The summed E-state index contributed by atoms with van der Waals surface area (Å²) >= 11 is 0. The number of unbranched alkanes of at least 4 members (excludes halogenated alkanes) is 1. The Bertz CT molecular complexity index is 559. The minimum atomic E-state index is -0.722. The molecule has 2 bridgehead atoms. The maximum atomic E-state index is 12.1. The van der Waals surface area contributed by atoms with Crippen molar-refractivity contribution in [3.63, 3.8) is 0 Å². The van der Waals surface area contributed by atoms with Gasteiger partial charge in [-0.2, -0.15) is 0 Å². The molecule has 1 amide bonds. The number of carbonyl (C=O) groups excluding carboxylic acids is 1. The molecule has 0 aromatic heterocycles. The van der Waals surface area contributed by atoms with E-state index in [1.807, 2.05) is 0 Å². The van der Waals surface area contributed by atoms with Crippen LogP contribution in [-0.4, -0.2) is 48.3 Å². The van der Waals surface area contributed by atoms with E-state index in [1.54, 1.807) is 0 Å². The second-order valence-electron chi connectivity index (χ2n) is 8.98. The molecule has 3 N–H and O–H groups in total. The molecule has 2 saturated heterocycles.